The van der Waals surface area contributed by atoms with E-state index in [2.05, 4.69) is 39.1 Å². The van der Waals surface area contributed by atoms with Crippen molar-refractivity contribution in [3.63, 3.8) is 0 Å². The van der Waals surface area contributed by atoms with Crippen molar-refractivity contribution in [2.45, 2.75) is 53.4 Å². The van der Waals surface area contributed by atoms with Gasteiger partial charge in [-0.05, 0) is 104 Å². The van der Waals surface area contributed by atoms with Gasteiger partial charge >= 0.3 is 0 Å². The molecule has 1 aliphatic heterocycles. The molecule has 1 saturated heterocycles. The van der Waals surface area contributed by atoms with Gasteiger partial charge in [-0.1, -0.05) is 24.3 Å². The quantitative estimate of drug-likeness (QED) is 0.0982. The van der Waals surface area contributed by atoms with Gasteiger partial charge in [0.05, 0.1) is 29.3 Å². The van der Waals surface area contributed by atoms with Crippen LogP contribution in [0.5, 0.6) is 28.9 Å². The first-order valence-electron chi connectivity index (χ1n) is 17.7. The summed E-state index contributed by atoms with van der Waals surface area (Å²) in [6.07, 6.45) is 8.01. The maximum Gasteiger partial charge on any atom is 0.246 e. The minimum atomic E-state index is 0. The zero-order valence-electron chi connectivity index (χ0n) is 30.7. The molecule has 1 fully saturated rings. The number of amides is 1. The SMILES string of the molecule is Cc1cc(C=CC(=O)N2CCN(Cc3ccc(CCOc4ccc(OC(C)C)cc4)cc3)CC2)cc(C)c1Oc1ccc(OCc2cncs2)cn1.Cl. The number of ether oxygens (including phenoxy) is 4. The van der Waals surface area contributed by atoms with Crippen molar-refractivity contribution in [3.8, 4) is 28.9 Å². The van der Waals surface area contributed by atoms with E-state index < -0.39 is 0 Å². The first-order chi connectivity index (χ1) is 25.3. The zero-order valence-corrected chi connectivity index (χ0v) is 32.3. The average Bonchev–Trinajstić information content (AvgIpc) is 3.67. The number of halogens is 1. The summed E-state index contributed by atoms with van der Waals surface area (Å²) >= 11 is 1.55. The molecule has 278 valence electrons. The van der Waals surface area contributed by atoms with Crippen molar-refractivity contribution >= 4 is 35.7 Å². The van der Waals surface area contributed by atoms with Crippen LogP contribution in [0.2, 0.25) is 0 Å². The number of hydrogen-bond donors (Lipinski definition) is 0. The summed E-state index contributed by atoms with van der Waals surface area (Å²) in [6, 6.07) is 24.2. The normalized spacial score (nSPS) is 13.2. The van der Waals surface area contributed by atoms with Crippen LogP contribution >= 0.6 is 23.7 Å². The number of thiazole rings is 1. The second-order valence-electron chi connectivity index (χ2n) is 13.2. The molecule has 5 aromatic rings. The van der Waals surface area contributed by atoms with Crippen LogP contribution in [0.15, 0.2) is 96.8 Å². The summed E-state index contributed by atoms with van der Waals surface area (Å²) in [5, 5.41) is 0. The Bertz CT molecular complexity index is 1890. The third kappa shape index (κ3) is 11.8. The Balaban J connectivity index is 0.00000541. The van der Waals surface area contributed by atoms with Crippen molar-refractivity contribution in [3.05, 3.63) is 129 Å². The first-order valence-corrected chi connectivity index (χ1v) is 18.6. The molecule has 0 unspecified atom stereocenters. The molecule has 11 heteroatoms. The largest absolute Gasteiger partial charge is 0.493 e. The molecule has 0 radical (unpaired) electrons. The summed E-state index contributed by atoms with van der Waals surface area (Å²) in [6.45, 7) is 13.1. The number of nitrogens with zero attached hydrogens (tertiary/aromatic N) is 4. The van der Waals surface area contributed by atoms with Gasteiger partial charge in [-0.25, -0.2) is 4.98 Å². The Hall–Kier alpha value is -4.90. The standard InChI is InChI=1S/C42H46N4O5S.ClH/c1-30(2)50-37-12-10-36(11-13-37)48-22-17-33-5-7-34(8-6-33)27-45-18-20-46(21-19-45)41(47)16-9-35-23-31(3)42(32(4)24-35)51-40-15-14-38(25-44-40)49-28-39-26-43-29-52-39;/h5-16,23-26,29-30H,17-22,27-28H2,1-4H3;1H. The number of carbonyl (C=O) groups is 1. The second-order valence-corrected chi connectivity index (χ2v) is 14.1. The van der Waals surface area contributed by atoms with Crippen LogP contribution in [0.3, 0.4) is 0 Å². The Morgan fingerprint density at radius 1 is 0.849 bits per heavy atom. The summed E-state index contributed by atoms with van der Waals surface area (Å²) < 4.78 is 23.5. The lowest BCUT2D eigenvalue weighted by molar-refractivity contribution is -0.127. The number of hydrogen-bond acceptors (Lipinski definition) is 9. The third-order valence-electron chi connectivity index (χ3n) is 8.65. The van der Waals surface area contributed by atoms with Crippen LogP contribution < -0.4 is 18.9 Å². The highest BCUT2D eigenvalue weighted by Crippen LogP contribution is 2.30. The van der Waals surface area contributed by atoms with Gasteiger partial charge in [-0.3, -0.25) is 14.7 Å². The first kappa shape index (κ1) is 39.3. The highest BCUT2D eigenvalue weighted by molar-refractivity contribution is 7.09. The van der Waals surface area contributed by atoms with Crippen molar-refractivity contribution in [2.24, 2.45) is 0 Å². The number of pyridine rings is 1. The van der Waals surface area contributed by atoms with Crippen molar-refractivity contribution in [1.29, 1.82) is 0 Å². The second kappa shape index (κ2) is 19.3. The predicted molar refractivity (Wildman–Crippen MR) is 213 cm³/mol. The number of aryl methyl sites for hydroxylation is 2. The van der Waals surface area contributed by atoms with Gasteiger partial charge in [0.25, 0.3) is 0 Å². The van der Waals surface area contributed by atoms with Crippen molar-refractivity contribution < 1.29 is 23.7 Å². The highest BCUT2D eigenvalue weighted by Gasteiger charge is 2.20. The summed E-state index contributed by atoms with van der Waals surface area (Å²) in [5.74, 6) is 3.64. The molecule has 3 aromatic carbocycles. The molecule has 0 atom stereocenters. The Kier molecular flexibility index (Phi) is 14.3. The molecule has 2 aromatic heterocycles. The Morgan fingerprint density at radius 3 is 2.17 bits per heavy atom. The van der Waals surface area contributed by atoms with Gasteiger partial charge < -0.3 is 23.8 Å². The lowest BCUT2D eigenvalue weighted by atomic mass is 10.1. The maximum absolute atomic E-state index is 13.1. The molecule has 1 aliphatic rings. The predicted octanol–water partition coefficient (Wildman–Crippen LogP) is 8.71. The van der Waals surface area contributed by atoms with Crippen LogP contribution in [0.25, 0.3) is 6.08 Å². The van der Waals surface area contributed by atoms with Gasteiger partial charge in [0.2, 0.25) is 11.8 Å². The molecule has 3 heterocycles. The van der Waals surface area contributed by atoms with Gasteiger partial charge in [-0.15, -0.1) is 23.7 Å². The van der Waals surface area contributed by atoms with Crippen LogP contribution in [0, 0.1) is 13.8 Å². The van der Waals surface area contributed by atoms with Gasteiger partial charge in [0.1, 0.15) is 29.6 Å². The van der Waals surface area contributed by atoms with Crippen LogP contribution in [0.1, 0.15) is 46.5 Å². The number of piperazine rings is 1. The summed E-state index contributed by atoms with van der Waals surface area (Å²) in [4.78, 5) is 26.9. The molecular weight excluding hydrogens is 708 g/mol. The van der Waals surface area contributed by atoms with E-state index in [0.717, 1.165) is 64.9 Å². The monoisotopic (exact) mass is 754 g/mol. The molecule has 0 saturated carbocycles. The van der Waals surface area contributed by atoms with Gasteiger partial charge in [0, 0.05) is 57.5 Å². The fraction of sp³-hybridized carbons (Fsp3) is 0.310. The van der Waals surface area contributed by atoms with E-state index in [9.17, 15) is 4.79 Å². The van der Waals surface area contributed by atoms with E-state index in [0.29, 0.717) is 37.9 Å². The number of benzene rings is 3. The molecule has 0 aliphatic carbocycles. The molecule has 0 spiro atoms. The average molecular weight is 755 g/mol. The molecule has 0 bridgehead atoms. The highest BCUT2D eigenvalue weighted by atomic mass is 35.5. The third-order valence-corrected chi connectivity index (χ3v) is 9.40. The number of aromatic nitrogens is 2. The summed E-state index contributed by atoms with van der Waals surface area (Å²) in [7, 11) is 0. The molecule has 1 amide bonds. The van der Waals surface area contributed by atoms with E-state index in [4.69, 9.17) is 18.9 Å². The number of carbonyl (C=O) groups excluding carboxylic acids is 1. The van der Waals surface area contributed by atoms with Crippen molar-refractivity contribution in [2.75, 3.05) is 32.8 Å². The van der Waals surface area contributed by atoms with Crippen LogP contribution in [-0.2, 0) is 24.4 Å². The molecule has 9 nitrogen and oxygen atoms in total. The van der Waals surface area contributed by atoms with E-state index >= 15 is 0 Å². The maximum atomic E-state index is 13.1. The Morgan fingerprint density at radius 2 is 1.53 bits per heavy atom. The lowest BCUT2D eigenvalue weighted by Crippen LogP contribution is -2.47. The Labute approximate surface area is 322 Å². The molecule has 0 N–H and O–H groups in total. The topological polar surface area (TPSA) is 86.3 Å². The van der Waals surface area contributed by atoms with E-state index in [1.165, 1.54) is 11.1 Å². The van der Waals surface area contributed by atoms with Crippen molar-refractivity contribution in [1.82, 2.24) is 19.8 Å². The zero-order chi connectivity index (χ0) is 36.3. The van der Waals surface area contributed by atoms with Gasteiger partial charge in [-0.2, -0.15) is 0 Å². The van der Waals surface area contributed by atoms with E-state index in [1.54, 1.807) is 41.4 Å². The number of rotatable bonds is 15. The smallest absolute Gasteiger partial charge is 0.246 e. The minimum Gasteiger partial charge on any atom is -0.493 e. The van der Waals surface area contributed by atoms with E-state index in [-0.39, 0.29) is 24.4 Å². The molecule has 6 rings (SSSR count). The molecular formula is C42H47ClN4O5S. The molecule has 53 heavy (non-hydrogen) atoms. The fourth-order valence-electron chi connectivity index (χ4n) is 5.97. The van der Waals surface area contributed by atoms with Crippen LogP contribution in [0.4, 0.5) is 0 Å². The van der Waals surface area contributed by atoms with E-state index in [1.807, 2.05) is 81.1 Å². The fourth-order valence-corrected chi connectivity index (χ4v) is 6.47. The summed E-state index contributed by atoms with van der Waals surface area (Å²) in [5.41, 5.74) is 7.19. The van der Waals surface area contributed by atoms with Crippen LogP contribution in [-0.4, -0.2) is 64.6 Å². The minimum absolute atomic E-state index is 0. The lowest BCUT2D eigenvalue weighted by Gasteiger charge is -2.34. The van der Waals surface area contributed by atoms with Gasteiger partial charge in [0.15, 0.2) is 0 Å².